The number of carbonyl (C=O) groups excluding carboxylic acids is 1. The fraction of sp³-hybridized carbons (Fsp3) is 0.500. The van der Waals surface area contributed by atoms with Gasteiger partial charge in [0.05, 0.1) is 6.26 Å². The number of benzene rings is 1. The molecule has 1 aromatic rings. The van der Waals surface area contributed by atoms with Gasteiger partial charge >= 0.3 is 0 Å². The Labute approximate surface area is 131 Å². The van der Waals surface area contributed by atoms with Crippen LogP contribution in [0.4, 0.5) is 0 Å². The van der Waals surface area contributed by atoms with E-state index in [-0.39, 0.29) is 19.0 Å². The predicted molar refractivity (Wildman–Crippen MR) is 84.6 cm³/mol. The van der Waals surface area contributed by atoms with Crippen LogP contribution in [0.1, 0.15) is 25.3 Å². The molecular weight excluding hydrogens is 312 g/mol. The number of hydrogen-bond acceptors (Lipinski definition) is 3. The standard InChI is InChI=1S/C14H21ClN2O3S/c1-3-4-14(18)16-9-10-17(21(2,19)20)11-12-5-7-13(15)8-6-12/h5-8H,3-4,9-11H2,1-2H3,(H,16,18). The van der Waals surface area contributed by atoms with E-state index in [0.29, 0.717) is 18.0 Å². The third kappa shape index (κ3) is 6.93. The Kier molecular flexibility index (Phi) is 7.14. The molecule has 5 nitrogen and oxygen atoms in total. The fourth-order valence-electron chi connectivity index (χ4n) is 1.79. The highest BCUT2D eigenvalue weighted by Gasteiger charge is 2.16. The third-order valence-corrected chi connectivity index (χ3v) is 4.40. The van der Waals surface area contributed by atoms with Crippen molar-refractivity contribution in [2.45, 2.75) is 26.3 Å². The number of sulfonamides is 1. The zero-order chi connectivity index (χ0) is 15.9. The molecule has 7 heteroatoms. The van der Waals surface area contributed by atoms with Crippen molar-refractivity contribution in [1.82, 2.24) is 9.62 Å². The number of amides is 1. The van der Waals surface area contributed by atoms with Crippen molar-refractivity contribution in [1.29, 1.82) is 0 Å². The van der Waals surface area contributed by atoms with E-state index in [1.54, 1.807) is 24.3 Å². The molecule has 0 aromatic heterocycles. The number of nitrogens with one attached hydrogen (secondary N) is 1. The van der Waals surface area contributed by atoms with Gasteiger partial charge in [0.1, 0.15) is 0 Å². The van der Waals surface area contributed by atoms with Gasteiger partial charge in [-0.05, 0) is 24.1 Å². The lowest BCUT2D eigenvalue weighted by Crippen LogP contribution is -2.37. The largest absolute Gasteiger partial charge is 0.355 e. The van der Waals surface area contributed by atoms with Crippen molar-refractivity contribution in [3.05, 3.63) is 34.9 Å². The van der Waals surface area contributed by atoms with E-state index in [0.717, 1.165) is 18.2 Å². The summed E-state index contributed by atoms with van der Waals surface area (Å²) < 4.78 is 24.9. The van der Waals surface area contributed by atoms with Crippen LogP contribution >= 0.6 is 11.6 Å². The zero-order valence-corrected chi connectivity index (χ0v) is 13.9. The van der Waals surface area contributed by atoms with Crippen molar-refractivity contribution in [2.75, 3.05) is 19.3 Å². The van der Waals surface area contributed by atoms with Gasteiger partial charge in [0, 0.05) is 31.1 Å². The first-order valence-electron chi connectivity index (χ1n) is 6.79. The van der Waals surface area contributed by atoms with Gasteiger partial charge in [-0.2, -0.15) is 4.31 Å². The fourth-order valence-corrected chi connectivity index (χ4v) is 2.72. The van der Waals surface area contributed by atoms with Gasteiger partial charge < -0.3 is 5.32 Å². The van der Waals surface area contributed by atoms with Gasteiger partial charge in [0.25, 0.3) is 0 Å². The van der Waals surface area contributed by atoms with Crippen molar-refractivity contribution in [3.8, 4) is 0 Å². The van der Waals surface area contributed by atoms with Gasteiger partial charge in [-0.25, -0.2) is 8.42 Å². The Morgan fingerprint density at radius 2 is 1.90 bits per heavy atom. The molecule has 0 fully saturated rings. The normalized spacial score (nSPS) is 11.6. The minimum Gasteiger partial charge on any atom is -0.355 e. The van der Waals surface area contributed by atoms with Crippen LogP contribution in [0.15, 0.2) is 24.3 Å². The van der Waals surface area contributed by atoms with Crippen LogP contribution in [0.3, 0.4) is 0 Å². The molecule has 0 saturated carbocycles. The lowest BCUT2D eigenvalue weighted by molar-refractivity contribution is -0.121. The molecule has 0 aliphatic rings. The van der Waals surface area contributed by atoms with Crippen LogP contribution in [0, 0.1) is 0 Å². The molecule has 0 heterocycles. The van der Waals surface area contributed by atoms with E-state index < -0.39 is 10.0 Å². The molecule has 1 N–H and O–H groups in total. The molecule has 0 unspecified atom stereocenters. The highest BCUT2D eigenvalue weighted by atomic mass is 35.5. The highest BCUT2D eigenvalue weighted by molar-refractivity contribution is 7.88. The minimum absolute atomic E-state index is 0.0579. The quantitative estimate of drug-likeness (QED) is 0.792. The second-order valence-corrected chi connectivity index (χ2v) is 7.24. The molecule has 0 atom stereocenters. The van der Waals surface area contributed by atoms with Crippen molar-refractivity contribution < 1.29 is 13.2 Å². The van der Waals surface area contributed by atoms with Crippen molar-refractivity contribution >= 4 is 27.5 Å². The summed E-state index contributed by atoms with van der Waals surface area (Å²) in [4.78, 5) is 11.4. The van der Waals surface area contributed by atoms with Gasteiger partial charge in [-0.15, -0.1) is 0 Å². The summed E-state index contributed by atoms with van der Waals surface area (Å²) >= 11 is 5.81. The number of carbonyl (C=O) groups is 1. The molecule has 1 aromatic carbocycles. The van der Waals surface area contributed by atoms with E-state index >= 15 is 0 Å². The SMILES string of the molecule is CCCC(=O)NCCN(Cc1ccc(Cl)cc1)S(C)(=O)=O. The lowest BCUT2D eigenvalue weighted by Gasteiger charge is -2.20. The molecule has 0 spiro atoms. The average molecular weight is 333 g/mol. The molecule has 21 heavy (non-hydrogen) atoms. The highest BCUT2D eigenvalue weighted by Crippen LogP contribution is 2.12. The summed E-state index contributed by atoms with van der Waals surface area (Å²) in [6.07, 6.45) is 2.39. The van der Waals surface area contributed by atoms with E-state index in [2.05, 4.69) is 5.32 Å². The summed E-state index contributed by atoms with van der Waals surface area (Å²) in [5.41, 5.74) is 0.852. The Balaban J connectivity index is 2.61. The Hall–Kier alpha value is -1.11. The molecule has 0 saturated heterocycles. The monoisotopic (exact) mass is 332 g/mol. The van der Waals surface area contributed by atoms with Crippen LogP contribution < -0.4 is 5.32 Å². The first-order valence-corrected chi connectivity index (χ1v) is 9.02. The van der Waals surface area contributed by atoms with Crippen LogP contribution in [0.25, 0.3) is 0 Å². The van der Waals surface area contributed by atoms with Gasteiger partial charge in [0.2, 0.25) is 15.9 Å². The lowest BCUT2D eigenvalue weighted by atomic mass is 10.2. The number of rotatable bonds is 8. The summed E-state index contributed by atoms with van der Waals surface area (Å²) in [7, 11) is -3.33. The van der Waals surface area contributed by atoms with Crippen molar-refractivity contribution in [3.63, 3.8) is 0 Å². The van der Waals surface area contributed by atoms with E-state index in [4.69, 9.17) is 11.6 Å². The molecule has 0 bridgehead atoms. The predicted octanol–water partition coefficient (Wildman–Crippen LogP) is 2.02. The molecule has 118 valence electrons. The second-order valence-electron chi connectivity index (χ2n) is 4.82. The van der Waals surface area contributed by atoms with Crippen LogP contribution in [-0.4, -0.2) is 38.0 Å². The summed E-state index contributed by atoms with van der Waals surface area (Å²) in [5.74, 6) is -0.0579. The smallest absolute Gasteiger partial charge is 0.220 e. The Bertz CT molecular complexity index is 558. The molecule has 1 amide bonds. The van der Waals surface area contributed by atoms with Gasteiger partial charge in [-0.1, -0.05) is 30.7 Å². The first kappa shape index (κ1) is 17.9. The molecule has 1 rings (SSSR count). The minimum atomic E-state index is -3.33. The van der Waals surface area contributed by atoms with Gasteiger partial charge in [-0.3, -0.25) is 4.79 Å². The van der Waals surface area contributed by atoms with E-state index in [9.17, 15) is 13.2 Å². The summed E-state index contributed by atoms with van der Waals surface area (Å²) in [5, 5.41) is 3.32. The molecule has 0 radical (unpaired) electrons. The molecule has 0 aliphatic carbocycles. The zero-order valence-electron chi connectivity index (χ0n) is 12.3. The summed E-state index contributed by atoms with van der Waals surface area (Å²) in [6.45, 7) is 2.74. The van der Waals surface area contributed by atoms with Crippen molar-refractivity contribution in [2.24, 2.45) is 0 Å². The maximum absolute atomic E-state index is 11.8. The number of halogens is 1. The van der Waals surface area contributed by atoms with Crippen LogP contribution in [0.2, 0.25) is 5.02 Å². The van der Waals surface area contributed by atoms with E-state index in [1.165, 1.54) is 4.31 Å². The van der Waals surface area contributed by atoms with E-state index in [1.807, 2.05) is 6.92 Å². The first-order chi connectivity index (χ1) is 9.82. The van der Waals surface area contributed by atoms with Gasteiger partial charge in [0.15, 0.2) is 0 Å². The molecule has 0 aliphatic heterocycles. The van der Waals surface area contributed by atoms with Crippen LogP contribution in [0.5, 0.6) is 0 Å². The molecular formula is C14H21ClN2O3S. The number of nitrogens with zero attached hydrogens (tertiary/aromatic N) is 1. The second kappa shape index (κ2) is 8.36. The topological polar surface area (TPSA) is 66.5 Å². The Morgan fingerprint density at radius 3 is 2.43 bits per heavy atom. The van der Waals surface area contributed by atoms with Crippen LogP contribution in [-0.2, 0) is 21.4 Å². The third-order valence-electron chi connectivity index (χ3n) is 2.90. The Morgan fingerprint density at radius 1 is 1.29 bits per heavy atom. The maximum atomic E-state index is 11.8. The average Bonchev–Trinajstić information content (AvgIpc) is 2.39. The maximum Gasteiger partial charge on any atom is 0.220 e. The summed E-state index contributed by atoms with van der Waals surface area (Å²) in [6, 6.07) is 7.02. The number of hydrogen-bond donors (Lipinski definition) is 1.